The van der Waals surface area contributed by atoms with Crippen molar-refractivity contribution in [1.82, 2.24) is 24.6 Å². The van der Waals surface area contributed by atoms with Gasteiger partial charge in [0.15, 0.2) is 0 Å². The summed E-state index contributed by atoms with van der Waals surface area (Å²) in [5.41, 5.74) is -0.915. The van der Waals surface area contributed by atoms with Crippen LogP contribution in [0, 0.1) is 0 Å². The van der Waals surface area contributed by atoms with Crippen molar-refractivity contribution in [3.05, 3.63) is 12.2 Å². The molecule has 1 aliphatic heterocycles. The second-order valence-electron chi connectivity index (χ2n) is 8.08. The molecule has 1 unspecified atom stereocenters. The van der Waals surface area contributed by atoms with Crippen LogP contribution in [0.25, 0.3) is 0 Å². The second kappa shape index (κ2) is 6.20. The topological polar surface area (TPSA) is 74.5 Å². The van der Waals surface area contributed by atoms with Gasteiger partial charge in [0.2, 0.25) is 5.82 Å². The zero-order valence-corrected chi connectivity index (χ0v) is 15.1. The van der Waals surface area contributed by atoms with Gasteiger partial charge in [-0.2, -0.15) is 0 Å². The Hall–Kier alpha value is -1.47. The van der Waals surface area contributed by atoms with Gasteiger partial charge in [0.05, 0.1) is 11.1 Å². The predicted molar refractivity (Wildman–Crippen MR) is 88.3 cm³/mol. The maximum Gasteiger partial charge on any atom is 0.293 e. The Morgan fingerprint density at radius 1 is 1.30 bits per heavy atom. The van der Waals surface area contributed by atoms with Gasteiger partial charge in [-0.05, 0) is 41.5 Å². The van der Waals surface area contributed by atoms with Crippen LogP contribution in [0.3, 0.4) is 0 Å². The van der Waals surface area contributed by atoms with E-state index in [0.717, 1.165) is 13.1 Å². The van der Waals surface area contributed by atoms with Gasteiger partial charge >= 0.3 is 0 Å². The van der Waals surface area contributed by atoms with E-state index in [1.54, 1.807) is 24.9 Å². The molecule has 7 nitrogen and oxygen atoms in total. The highest BCUT2D eigenvalue weighted by atomic mass is 16.3. The van der Waals surface area contributed by atoms with Gasteiger partial charge in [-0.1, -0.05) is 0 Å². The molecule has 0 aliphatic carbocycles. The van der Waals surface area contributed by atoms with Crippen molar-refractivity contribution in [1.29, 1.82) is 0 Å². The number of hydrogen-bond donors (Lipinski definition) is 1. The summed E-state index contributed by atoms with van der Waals surface area (Å²) in [5.74, 6) is 0.131. The van der Waals surface area contributed by atoms with E-state index in [1.807, 2.05) is 32.6 Å². The minimum absolute atomic E-state index is 0.0696. The quantitative estimate of drug-likeness (QED) is 0.896. The van der Waals surface area contributed by atoms with Gasteiger partial charge in [-0.3, -0.25) is 9.69 Å². The Morgan fingerprint density at radius 2 is 1.96 bits per heavy atom. The van der Waals surface area contributed by atoms with E-state index >= 15 is 0 Å². The smallest absolute Gasteiger partial charge is 0.293 e. The van der Waals surface area contributed by atoms with Crippen molar-refractivity contribution in [3.63, 3.8) is 0 Å². The van der Waals surface area contributed by atoms with Crippen LogP contribution < -0.4 is 0 Å². The minimum Gasteiger partial charge on any atom is -0.389 e. The number of aliphatic hydroxyl groups is 1. The van der Waals surface area contributed by atoms with Crippen molar-refractivity contribution in [2.45, 2.75) is 58.7 Å². The summed E-state index contributed by atoms with van der Waals surface area (Å²) in [6, 6.07) is 0.0696. The Morgan fingerprint density at radius 3 is 2.43 bits per heavy atom. The van der Waals surface area contributed by atoms with Crippen molar-refractivity contribution in [2.24, 2.45) is 0 Å². The average Bonchev–Trinajstić information content (AvgIpc) is 2.85. The molecule has 0 aromatic carbocycles. The highest BCUT2D eigenvalue weighted by Crippen LogP contribution is 2.16. The van der Waals surface area contributed by atoms with Crippen LogP contribution in [-0.2, 0) is 5.54 Å². The van der Waals surface area contributed by atoms with Crippen LogP contribution in [0.2, 0.25) is 0 Å². The fourth-order valence-electron chi connectivity index (χ4n) is 2.84. The van der Waals surface area contributed by atoms with Crippen LogP contribution in [0.1, 0.15) is 52.2 Å². The maximum atomic E-state index is 12.7. The number of β-amino-alcohol motifs (C(OH)–C–C–N with tert-alkyl or cyclic N) is 1. The Kier molecular flexibility index (Phi) is 4.82. The normalized spacial score (nSPS) is 20.8. The first-order chi connectivity index (χ1) is 10.5. The lowest BCUT2D eigenvalue weighted by Crippen LogP contribution is -2.56. The molecule has 1 fully saturated rings. The van der Waals surface area contributed by atoms with Gasteiger partial charge in [-0.15, -0.1) is 5.10 Å². The largest absolute Gasteiger partial charge is 0.389 e. The van der Waals surface area contributed by atoms with Crippen molar-refractivity contribution in [3.8, 4) is 0 Å². The predicted octanol–water partition coefficient (Wildman–Crippen LogP) is 0.950. The number of aromatic nitrogens is 3. The molecule has 1 amide bonds. The molecular formula is C16H29N5O2. The first-order valence-corrected chi connectivity index (χ1v) is 8.15. The molecule has 1 atom stereocenters. The van der Waals surface area contributed by atoms with Gasteiger partial charge in [-0.25, -0.2) is 9.67 Å². The number of carbonyl (C=O) groups is 1. The molecule has 0 saturated carbocycles. The highest BCUT2D eigenvalue weighted by Gasteiger charge is 2.32. The van der Waals surface area contributed by atoms with E-state index < -0.39 is 5.60 Å². The van der Waals surface area contributed by atoms with Crippen LogP contribution in [0.15, 0.2) is 6.33 Å². The number of rotatable bonds is 3. The summed E-state index contributed by atoms with van der Waals surface area (Å²) >= 11 is 0. The average molecular weight is 323 g/mol. The third-order valence-corrected chi connectivity index (χ3v) is 3.95. The number of amides is 1. The lowest BCUT2D eigenvalue weighted by Gasteiger charge is -2.41. The first kappa shape index (κ1) is 17.9. The molecule has 1 aromatic rings. The molecule has 0 bridgehead atoms. The summed E-state index contributed by atoms with van der Waals surface area (Å²) < 4.78 is 1.72. The third kappa shape index (κ3) is 4.51. The van der Waals surface area contributed by atoms with Crippen LogP contribution in [0.5, 0.6) is 0 Å². The summed E-state index contributed by atoms with van der Waals surface area (Å²) in [5, 5.41) is 14.3. The molecule has 23 heavy (non-hydrogen) atoms. The van der Waals surface area contributed by atoms with E-state index in [9.17, 15) is 9.90 Å². The molecule has 1 aromatic heterocycles. The fraction of sp³-hybridized carbons (Fsp3) is 0.812. The fourth-order valence-corrected chi connectivity index (χ4v) is 2.84. The molecule has 1 saturated heterocycles. The molecule has 0 spiro atoms. The van der Waals surface area contributed by atoms with E-state index in [1.165, 1.54) is 0 Å². The molecule has 1 aliphatic rings. The molecular weight excluding hydrogens is 294 g/mol. The Balaban J connectivity index is 2.03. The lowest BCUT2D eigenvalue weighted by molar-refractivity contribution is 0.00541. The zero-order valence-electron chi connectivity index (χ0n) is 15.1. The van der Waals surface area contributed by atoms with Crippen molar-refractivity contribution >= 4 is 5.91 Å². The second-order valence-corrected chi connectivity index (χ2v) is 8.08. The molecule has 7 heteroatoms. The van der Waals surface area contributed by atoms with E-state index in [0.29, 0.717) is 13.1 Å². The number of piperazine rings is 1. The molecule has 130 valence electrons. The lowest BCUT2D eigenvalue weighted by atomic mass is 10.1. The molecule has 1 N–H and O–H groups in total. The number of nitrogens with zero attached hydrogens (tertiary/aromatic N) is 5. The summed E-state index contributed by atoms with van der Waals surface area (Å²) in [4.78, 5) is 20.9. The van der Waals surface area contributed by atoms with Crippen molar-refractivity contribution < 1.29 is 9.90 Å². The summed E-state index contributed by atoms with van der Waals surface area (Å²) in [7, 11) is 0. The van der Waals surface area contributed by atoms with Gasteiger partial charge < -0.3 is 10.0 Å². The van der Waals surface area contributed by atoms with E-state index in [2.05, 4.69) is 15.0 Å². The first-order valence-electron chi connectivity index (χ1n) is 8.15. The zero-order chi connectivity index (χ0) is 17.4. The number of carbonyl (C=O) groups excluding carboxylic acids is 1. The SMILES string of the molecule is CC1CN(CC(C)(C)O)CCN1C(=O)c1ncn(C(C)(C)C)n1. The van der Waals surface area contributed by atoms with Gasteiger partial charge in [0.1, 0.15) is 6.33 Å². The van der Waals surface area contributed by atoms with Gasteiger partial charge in [0.25, 0.3) is 5.91 Å². The monoisotopic (exact) mass is 323 g/mol. The van der Waals surface area contributed by atoms with Crippen molar-refractivity contribution in [2.75, 3.05) is 26.2 Å². The third-order valence-electron chi connectivity index (χ3n) is 3.95. The number of hydrogen-bond acceptors (Lipinski definition) is 5. The molecule has 2 heterocycles. The van der Waals surface area contributed by atoms with Crippen LogP contribution in [-0.4, -0.2) is 73.4 Å². The standard InChI is InChI=1S/C16H29N5O2/c1-12-9-19(10-16(5,6)23)7-8-20(12)14(22)13-17-11-21(18-13)15(2,3)4/h11-12,23H,7-10H2,1-6H3. The maximum absolute atomic E-state index is 12.7. The van der Waals surface area contributed by atoms with E-state index in [-0.39, 0.29) is 23.3 Å². The molecule has 0 radical (unpaired) electrons. The van der Waals surface area contributed by atoms with Crippen LogP contribution in [0.4, 0.5) is 0 Å². The summed E-state index contributed by atoms with van der Waals surface area (Å²) in [6.07, 6.45) is 1.61. The highest BCUT2D eigenvalue weighted by molar-refractivity contribution is 5.90. The van der Waals surface area contributed by atoms with Gasteiger partial charge in [0, 0.05) is 32.2 Å². The molecule has 2 rings (SSSR count). The summed E-state index contributed by atoms with van der Waals surface area (Å²) in [6.45, 7) is 14.4. The van der Waals surface area contributed by atoms with Crippen LogP contribution >= 0.6 is 0 Å². The minimum atomic E-state index is -0.723. The Labute approximate surface area is 138 Å². The Bertz CT molecular complexity index is 556. The van der Waals surface area contributed by atoms with E-state index in [4.69, 9.17) is 0 Å².